The zero-order valence-corrected chi connectivity index (χ0v) is 36.0. The first-order valence-electron chi connectivity index (χ1n) is 21.6. The molecule has 11 nitrogen and oxygen atoms in total. The number of phenolic OH excluding ortho intramolecular Hbond substituents is 1. The quantitative estimate of drug-likeness (QED) is 0.0816. The molecule has 0 saturated carbocycles. The highest BCUT2D eigenvalue weighted by atomic mass is 35.5. The number of ether oxygens (including phenoxy) is 1. The van der Waals surface area contributed by atoms with Crippen molar-refractivity contribution in [3.05, 3.63) is 125 Å². The molecule has 4 aromatic carbocycles. The molecule has 0 aliphatic carbocycles. The standard InChI is InChI=1S/C49H53ClFN5O6/c1-31-28-54(29-32(2)55(31)44-27-41-40(26-42(44)51)48(60)56(49(41)61)43-16-17-45(58)52-47(43)59)30-33-19-22-53(23-20-33)24-25-62-38-14-10-36(11-15-38)46(35-8-12-37(57)13-9-35)39(18-21-50)34-6-4-3-5-7-34/h3-15,26-27,31-33,43,57H,16-25,28-30H2,1-2H3,(H,52,58,59). The molecule has 3 saturated heterocycles. The first kappa shape index (κ1) is 43.1. The largest absolute Gasteiger partial charge is 0.508 e. The molecule has 0 radical (unpaired) electrons. The number of amides is 4. The first-order chi connectivity index (χ1) is 30.0. The zero-order valence-electron chi connectivity index (χ0n) is 35.2. The predicted molar refractivity (Wildman–Crippen MR) is 238 cm³/mol. The fourth-order valence-corrected chi connectivity index (χ4v) is 9.98. The molecule has 3 unspecified atom stereocenters. The number of phenols is 1. The number of piperazine rings is 1. The Morgan fingerprint density at radius 1 is 0.806 bits per heavy atom. The average Bonchev–Trinajstić information content (AvgIpc) is 3.49. The summed E-state index contributed by atoms with van der Waals surface area (Å²) in [5, 5.41) is 12.2. The van der Waals surface area contributed by atoms with Crippen molar-refractivity contribution in [2.45, 2.75) is 64.1 Å². The molecule has 8 rings (SSSR count). The van der Waals surface area contributed by atoms with E-state index >= 15 is 4.39 Å². The van der Waals surface area contributed by atoms with Crippen molar-refractivity contribution < 1.29 is 33.4 Å². The number of rotatable bonds is 13. The molecule has 62 heavy (non-hydrogen) atoms. The van der Waals surface area contributed by atoms with Gasteiger partial charge in [0.25, 0.3) is 11.8 Å². The van der Waals surface area contributed by atoms with Crippen LogP contribution in [0.2, 0.25) is 0 Å². The lowest BCUT2D eigenvalue weighted by Gasteiger charge is -2.47. The molecular weight excluding hydrogens is 809 g/mol. The Hall–Kier alpha value is -5.56. The summed E-state index contributed by atoms with van der Waals surface area (Å²) in [5.74, 6) is -1.03. The molecule has 4 heterocycles. The van der Waals surface area contributed by atoms with Gasteiger partial charge in [0.05, 0.1) is 16.8 Å². The molecule has 0 aromatic heterocycles. The fourth-order valence-electron chi connectivity index (χ4n) is 9.79. The van der Waals surface area contributed by atoms with E-state index < -0.39 is 35.5 Å². The van der Waals surface area contributed by atoms with Gasteiger partial charge in [0, 0.05) is 50.6 Å². The van der Waals surface area contributed by atoms with Gasteiger partial charge in [-0.15, -0.1) is 11.6 Å². The monoisotopic (exact) mass is 861 g/mol. The Labute approximate surface area is 367 Å². The fraction of sp³-hybridized carbons (Fsp3) is 0.388. The Morgan fingerprint density at radius 2 is 1.44 bits per heavy atom. The van der Waals surface area contributed by atoms with Gasteiger partial charge in [-0.25, -0.2) is 4.39 Å². The Morgan fingerprint density at radius 3 is 2.06 bits per heavy atom. The predicted octanol–water partition coefficient (Wildman–Crippen LogP) is 7.21. The van der Waals surface area contributed by atoms with E-state index in [0.717, 1.165) is 96.7 Å². The highest BCUT2D eigenvalue weighted by Gasteiger charge is 2.46. The molecule has 4 amide bonds. The Bertz CT molecular complexity index is 2320. The minimum atomic E-state index is -1.10. The van der Waals surface area contributed by atoms with Crippen molar-refractivity contribution in [2.24, 2.45) is 5.92 Å². The molecule has 3 atom stereocenters. The van der Waals surface area contributed by atoms with Crippen molar-refractivity contribution in [2.75, 3.05) is 56.7 Å². The summed E-state index contributed by atoms with van der Waals surface area (Å²) in [5.41, 5.74) is 5.67. The number of halogens is 2. The van der Waals surface area contributed by atoms with E-state index in [4.69, 9.17) is 16.3 Å². The van der Waals surface area contributed by atoms with Gasteiger partial charge in [-0.05, 0) is 123 Å². The number of anilines is 1. The van der Waals surface area contributed by atoms with Crippen LogP contribution in [-0.2, 0) is 9.59 Å². The summed E-state index contributed by atoms with van der Waals surface area (Å²) in [7, 11) is 0. The van der Waals surface area contributed by atoms with Crippen LogP contribution in [0.4, 0.5) is 10.1 Å². The van der Waals surface area contributed by atoms with Gasteiger partial charge in [0.2, 0.25) is 11.8 Å². The summed E-state index contributed by atoms with van der Waals surface area (Å²) < 4.78 is 22.0. The van der Waals surface area contributed by atoms with Crippen molar-refractivity contribution >= 4 is 52.1 Å². The van der Waals surface area contributed by atoms with Crippen molar-refractivity contribution in [3.63, 3.8) is 0 Å². The Balaban J connectivity index is 0.828. The number of hydrogen-bond donors (Lipinski definition) is 2. The second-order valence-electron chi connectivity index (χ2n) is 17.0. The number of hydrogen-bond acceptors (Lipinski definition) is 9. The Kier molecular flexibility index (Phi) is 13.1. The van der Waals surface area contributed by atoms with Gasteiger partial charge in [-0.2, -0.15) is 0 Å². The third-order valence-electron chi connectivity index (χ3n) is 12.7. The molecule has 4 aromatic rings. The number of alkyl halides is 1. The second kappa shape index (κ2) is 18.8. The average molecular weight is 862 g/mol. The molecule has 3 fully saturated rings. The number of imide groups is 2. The topological polar surface area (TPSA) is 123 Å². The van der Waals surface area contributed by atoms with Gasteiger partial charge in [0.1, 0.15) is 30.0 Å². The molecule has 4 aliphatic heterocycles. The minimum Gasteiger partial charge on any atom is -0.508 e. The SMILES string of the molecule is CC1CN(CC2CCN(CCOc3ccc(C(=C(CCCl)c4ccccc4)c4ccc(O)cc4)cc3)CC2)CC(C)N1c1cc2c(cc1F)C(=O)N(C1CCC(=O)NC1=O)C2=O. The van der Waals surface area contributed by atoms with E-state index in [0.29, 0.717) is 24.8 Å². The lowest BCUT2D eigenvalue weighted by molar-refractivity contribution is -0.136. The maximum Gasteiger partial charge on any atom is 0.262 e. The van der Waals surface area contributed by atoms with Crippen LogP contribution in [0.3, 0.4) is 0 Å². The van der Waals surface area contributed by atoms with Crippen molar-refractivity contribution in [1.82, 2.24) is 20.0 Å². The summed E-state index contributed by atoms with van der Waals surface area (Å²) >= 11 is 6.33. The van der Waals surface area contributed by atoms with Crippen LogP contribution < -0.4 is 15.0 Å². The highest BCUT2D eigenvalue weighted by molar-refractivity contribution is 6.24. The maximum absolute atomic E-state index is 15.8. The van der Waals surface area contributed by atoms with E-state index in [9.17, 15) is 24.3 Å². The smallest absolute Gasteiger partial charge is 0.262 e. The van der Waals surface area contributed by atoms with Gasteiger partial charge >= 0.3 is 0 Å². The van der Waals surface area contributed by atoms with Crippen molar-refractivity contribution in [3.8, 4) is 11.5 Å². The van der Waals surface area contributed by atoms with Crippen LogP contribution in [0.25, 0.3) is 11.1 Å². The number of benzene rings is 4. The van der Waals surface area contributed by atoms with Gasteiger partial charge < -0.3 is 14.7 Å². The van der Waals surface area contributed by atoms with E-state index in [2.05, 4.69) is 53.2 Å². The summed E-state index contributed by atoms with van der Waals surface area (Å²) in [6.45, 7) is 9.93. The molecule has 4 aliphatic rings. The molecule has 13 heteroatoms. The van der Waals surface area contributed by atoms with Crippen LogP contribution in [0.15, 0.2) is 91.0 Å². The van der Waals surface area contributed by atoms with E-state index in [1.807, 2.05) is 47.4 Å². The highest BCUT2D eigenvalue weighted by Crippen LogP contribution is 2.38. The van der Waals surface area contributed by atoms with Crippen LogP contribution in [0.1, 0.15) is 83.4 Å². The molecule has 324 valence electrons. The van der Waals surface area contributed by atoms with Crippen LogP contribution in [0.5, 0.6) is 11.5 Å². The number of nitrogens with one attached hydrogen (secondary N) is 1. The third-order valence-corrected chi connectivity index (χ3v) is 12.9. The lowest BCUT2D eigenvalue weighted by atomic mass is 9.88. The number of piperidine rings is 2. The van der Waals surface area contributed by atoms with Crippen molar-refractivity contribution in [1.29, 1.82) is 0 Å². The number of carbonyl (C=O) groups excluding carboxylic acids is 4. The summed E-state index contributed by atoms with van der Waals surface area (Å²) in [6, 6.07) is 27.2. The van der Waals surface area contributed by atoms with E-state index in [-0.39, 0.29) is 47.5 Å². The lowest BCUT2D eigenvalue weighted by Crippen LogP contribution is -2.58. The van der Waals surface area contributed by atoms with Gasteiger partial charge in [0.15, 0.2) is 0 Å². The number of likely N-dealkylation sites (tertiary alicyclic amines) is 1. The molecule has 0 bridgehead atoms. The third kappa shape index (κ3) is 9.14. The minimum absolute atomic E-state index is 0.0189. The molecular formula is C49H53ClFN5O6. The number of nitrogens with zero attached hydrogens (tertiary/aromatic N) is 4. The van der Waals surface area contributed by atoms with Crippen LogP contribution >= 0.6 is 11.6 Å². The second-order valence-corrected chi connectivity index (χ2v) is 17.4. The zero-order chi connectivity index (χ0) is 43.5. The summed E-state index contributed by atoms with van der Waals surface area (Å²) in [4.78, 5) is 58.7. The van der Waals surface area contributed by atoms with Gasteiger partial charge in [-0.1, -0.05) is 54.6 Å². The van der Waals surface area contributed by atoms with E-state index in [1.54, 1.807) is 12.1 Å². The van der Waals surface area contributed by atoms with E-state index in [1.165, 1.54) is 6.07 Å². The number of aromatic hydroxyl groups is 1. The van der Waals surface area contributed by atoms with Gasteiger partial charge in [-0.3, -0.25) is 39.2 Å². The maximum atomic E-state index is 15.8. The summed E-state index contributed by atoms with van der Waals surface area (Å²) in [6.07, 6.45) is 2.91. The number of fused-ring (bicyclic) bond motifs is 1. The molecule has 0 spiro atoms. The van der Waals surface area contributed by atoms with Crippen LogP contribution in [0, 0.1) is 11.7 Å². The molecule has 2 N–H and O–H groups in total. The number of carbonyl (C=O) groups is 4. The number of allylic oxidation sites excluding steroid dienone is 1. The normalized spacial score (nSPS) is 21.8. The first-order valence-corrected chi connectivity index (χ1v) is 22.2. The van der Waals surface area contributed by atoms with Crippen LogP contribution in [-0.4, -0.2) is 113 Å².